The lowest BCUT2D eigenvalue weighted by Crippen LogP contribution is -2.18. The standard InChI is InChI=1S/C13H14FN3O2S/c1-17(10-6-3-2-5-9(10)14)11-7-4-8-12(13(11)15)20(16,18)19/h2-8H,15H2,1H3,(H2,16,18,19). The summed E-state index contributed by atoms with van der Waals surface area (Å²) in [4.78, 5) is 1.29. The van der Waals surface area contributed by atoms with Gasteiger partial charge in [0, 0.05) is 7.05 Å². The van der Waals surface area contributed by atoms with Crippen LogP contribution in [0.2, 0.25) is 0 Å². The molecule has 0 amide bonds. The normalized spacial score (nSPS) is 11.3. The number of nitrogens with zero attached hydrogens (tertiary/aromatic N) is 1. The number of nitrogens with two attached hydrogens (primary N) is 2. The fourth-order valence-electron chi connectivity index (χ4n) is 1.93. The number of primary sulfonamides is 1. The monoisotopic (exact) mass is 295 g/mol. The lowest BCUT2D eigenvalue weighted by atomic mass is 10.2. The first-order valence-corrected chi connectivity index (χ1v) is 7.26. The molecule has 0 bridgehead atoms. The molecule has 0 unspecified atom stereocenters. The topological polar surface area (TPSA) is 89.4 Å². The highest BCUT2D eigenvalue weighted by atomic mass is 32.2. The Hall–Kier alpha value is -2.12. The molecule has 0 radical (unpaired) electrons. The zero-order valence-corrected chi connectivity index (χ0v) is 11.6. The van der Waals surface area contributed by atoms with Crippen LogP contribution in [-0.4, -0.2) is 15.5 Å². The second-order valence-corrected chi connectivity index (χ2v) is 5.77. The Kier molecular flexibility index (Phi) is 3.65. The Balaban J connectivity index is 2.57. The lowest BCUT2D eigenvalue weighted by Gasteiger charge is -2.22. The summed E-state index contributed by atoms with van der Waals surface area (Å²) < 4.78 is 36.6. The molecular formula is C13H14FN3O2S. The summed E-state index contributed by atoms with van der Waals surface area (Å²) in [6.45, 7) is 0. The van der Waals surface area contributed by atoms with Gasteiger partial charge in [-0.05, 0) is 24.3 Å². The van der Waals surface area contributed by atoms with Crippen LogP contribution in [0.15, 0.2) is 47.4 Å². The largest absolute Gasteiger partial charge is 0.396 e. The van der Waals surface area contributed by atoms with Crippen LogP contribution in [0.25, 0.3) is 0 Å². The van der Waals surface area contributed by atoms with Crippen LogP contribution >= 0.6 is 0 Å². The molecule has 0 aromatic heterocycles. The molecular weight excluding hydrogens is 281 g/mol. The molecule has 2 rings (SSSR count). The molecule has 0 heterocycles. The van der Waals surface area contributed by atoms with Gasteiger partial charge in [-0.15, -0.1) is 0 Å². The number of halogens is 1. The van der Waals surface area contributed by atoms with Crippen molar-refractivity contribution in [2.75, 3.05) is 17.7 Å². The van der Waals surface area contributed by atoms with Crippen LogP contribution in [0.4, 0.5) is 21.5 Å². The van der Waals surface area contributed by atoms with E-state index in [4.69, 9.17) is 10.9 Å². The highest BCUT2D eigenvalue weighted by Crippen LogP contribution is 2.33. The van der Waals surface area contributed by atoms with Gasteiger partial charge in [-0.25, -0.2) is 17.9 Å². The molecule has 0 aliphatic heterocycles. The van der Waals surface area contributed by atoms with Gasteiger partial charge < -0.3 is 10.6 Å². The number of rotatable bonds is 3. The first kappa shape index (κ1) is 14.3. The average molecular weight is 295 g/mol. The molecule has 0 saturated heterocycles. The smallest absolute Gasteiger partial charge is 0.240 e. The minimum absolute atomic E-state index is 0.0132. The lowest BCUT2D eigenvalue weighted by molar-refractivity contribution is 0.598. The van der Waals surface area contributed by atoms with Crippen molar-refractivity contribution < 1.29 is 12.8 Å². The van der Waals surface area contributed by atoms with Crippen molar-refractivity contribution in [3.63, 3.8) is 0 Å². The van der Waals surface area contributed by atoms with Gasteiger partial charge in [-0.1, -0.05) is 18.2 Å². The molecule has 0 saturated carbocycles. The third-order valence-electron chi connectivity index (χ3n) is 2.92. The first-order valence-electron chi connectivity index (χ1n) is 5.72. The summed E-state index contributed by atoms with van der Waals surface area (Å²) in [5.41, 5.74) is 6.47. The molecule has 7 heteroatoms. The molecule has 0 spiro atoms. The average Bonchev–Trinajstić information content (AvgIpc) is 2.37. The van der Waals surface area contributed by atoms with Crippen LogP contribution in [0.3, 0.4) is 0 Å². The molecule has 0 aliphatic carbocycles. The van der Waals surface area contributed by atoms with E-state index < -0.39 is 15.8 Å². The van der Waals surface area contributed by atoms with E-state index in [1.807, 2.05) is 0 Å². The second-order valence-electron chi connectivity index (χ2n) is 4.24. The van der Waals surface area contributed by atoms with Crippen molar-refractivity contribution in [3.05, 3.63) is 48.3 Å². The SMILES string of the molecule is CN(c1ccccc1F)c1cccc(S(N)(=O)=O)c1N. The minimum atomic E-state index is -3.93. The maximum absolute atomic E-state index is 13.8. The summed E-state index contributed by atoms with van der Waals surface area (Å²) in [6, 6.07) is 10.5. The fourth-order valence-corrected chi connectivity index (χ4v) is 2.61. The van der Waals surface area contributed by atoms with E-state index in [1.54, 1.807) is 31.3 Å². The predicted octanol–water partition coefficient (Wildman–Crippen LogP) is 1.82. The van der Waals surface area contributed by atoms with Gasteiger partial charge in [0.2, 0.25) is 10.0 Å². The number of hydrogen-bond donors (Lipinski definition) is 2. The zero-order chi connectivity index (χ0) is 14.9. The highest BCUT2D eigenvalue weighted by molar-refractivity contribution is 7.89. The van der Waals surface area contributed by atoms with Crippen LogP contribution in [0.5, 0.6) is 0 Å². The van der Waals surface area contributed by atoms with E-state index in [1.165, 1.54) is 23.1 Å². The van der Waals surface area contributed by atoms with Crippen molar-refractivity contribution in [2.45, 2.75) is 4.90 Å². The Morgan fingerprint density at radius 3 is 2.25 bits per heavy atom. The molecule has 0 fully saturated rings. The Labute approximate surface area is 116 Å². The third-order valence-corrected chi connectivity index (χ3v) is 3.89. The van der Waals surface area contributed by atoms with Gasteiger partial charge in [0.1, 0.15) is 10.7 Å². The Morgan fingerprint density at radius 2 is 1.65 bits per heavy atom. The molecule has 4 N–H and O–H groups in total. The molecule has 0 aliphatic rings. The van der Waals surface area contributed by atoms with Gasteiger partial charge in [-0.3, -0.25) is 0 Å². The summed E-state index contributed by atoms with van der Waals surface area (Å²) in [5, 5.41) is 5.09. The molecule has 2 aromatic rings. The number of nitrogen functional groups attached to an aromatic ring is 1. The molecule has 5 nitrogen and oxygen atoms in total. The van der Waals surface area contributed by atoms with Gasteiger partial charge in [0.05, 0.1) is 17.1 Å². The van der Waals surface area contributed by atoms with Crippen LogP contribution in [-0.2, 0) is 10.0 Å². The number of hydrogen-bond acceptors (Lipinski definition) is 4. The second kappa shape index (κ2) is 5.10. The first-order chi connectivity index (χ1) is 9.32. The van der Waals surface area contributed by atoms with Crippen molar-refractivity contribution in [1.29, 1.82) is 0 Å². The van der Waals surface area contributed by atoms with Crippen molar-refractivity contribution in [1.82, 2.24) is 0 Å². The maximum Gasteiger partial charge on any atom is 0.240 e. The molecule has 0 atom stereocenters. The van der Waals surface area contributed by atoms with E-state index in [0.717, 1.165) is 0 Å². The van der Waals surface area contributed by atoms with Crippen LogP contribution in [0.1, 0.15) is 0 Å². The minimum Gasteiger partial charge on any atom is -0.396 e. The number of anilines is 3. The van der Waals surface area contributed by atoms with E-state index >= 15 is 0 Å². The summed E-state index contributed by atoms with van der Waals surface area (Å²) in [6.07, 6.45) is 0. The fraction of sp³-hybridized carbons (Fsp3) is 0.0769. The van der Waals surface area contributed by atoms with Crippen molar-refractivity contribution in [2.24, 2.45) is 5.14 Å². The van der Waals surface area contributed by atoms with E-state index in [0.29, 0.717) is 5.69 Å². The molecule has 2 aromatic carbocycles. The van der Waals surface area contributed by atoms with Crippen LogP contribution in [0, 0.1) is 5.82 Å². The Bertz CT molecular complexity index is 747. The number of benzene rings is 2. The van der Waals surface area contributed by atoms with Gasteiger partial charge >= 0.3 is 0 Å². The summed E-state index contributed by atoms with van der Waals surface area (Å²) in [7, 11) is -2.33. The molecule has 106 valence electrons. The Morgan fingerprint density at radius 1 is 1.05 bits per heavy atom. The van der Waals surface area contributed by atoms with Crippen molar-refractivity contribution >= 4 is 27.1 Å². The van der Waals surface area contributed by atoms with E-state index in [-0.39, 0.29) is 16.3 Å². The van der Waals surface area contributed by atoms with Gasteiger partial charge in [0.25, 0.3) is 0 Å². The summed E-state index contributed by atoms with van der Waals surface area (Å²) >= 11 is 0. The highest BCUT2D eigenvalue weighted by Gasteiger charge is 2.18. The predicted molar refractivity (Wildman–Crippen MR) is 76.7 cm³/mol. The quantitative estimate of drug-likeness (QED) is 0.845. The van der Waals surface area contributed by atoms with Crippen LogP contribution < -0.4 is 15.8 Å². The van der Waals surface area contributed by atoms with E-state index in [2.05, 4.69) is 0 Å². The number of sulfonamides is 1. The molecule has 20 heavy (non-hydrogen) atoms. The maximum atomic E-state index is 13.8. The summed E-state index contributed by atoms with van der Waals surface area (Å²) in [5.74, 6) is -0.435. The van der Waals surface area contributed by atoms with Crippen molar-refractivity contribution in [3.8, 4) is 0 Å². The van der Waals surface area contributed by atoms with Gasteiger partial charge in [-0.2, -0.15) is 0 Å². The zero-order valence-electron chi connectivity index (χ0n) is 10.7. The van der Waals surface area contributed by atoms with E-state index in [9.17, 15) is 12.8 Å². The number of para-hydroxylation sites is 2. The van der Waals surface area contributed by atoms with Gasteiger partial charge in [0.15, 0.2) is 0 Å². The third kappa shape index (κ3) is 2.59.